The lowest BCUT2D eigenvalue weighted by Crippen LogP contribution is -2.53. The summed E-state index contributed by atoms with van der Waals surface area (Å²) in [7, 11) is 0. The van der Waals surface area contributed by atoms with Crippen molar-refractivity contribution in [3.05, 3.63) is 107 Å². The smallest absolute Gasteiger partial charge is 0.232 e. The standard InChI is InChI=1S/C30H34N2O/c31-29(33)30(26-11-3-1-4-12-26,27-13-5-2-6-14-27)28-15-8-19-32(22-28)20-18-23-16-17-24-9-7-10-25(24)21-23/h1-6,11-14,16-17,21,28H,7-10,15,18-20,22H2,(H2,31,33). The van der Waals surface area contributed by atoms with Crippen molar-refractivity contribution in [3.63, 3.8) is 0 Å². The average molecular weight is 439 g/mol. The van der Waals surface area contributed by atoms with Gasteiger partial charge in [-0.05, 0) is 78.8 Å². The molecule has 2 aliphatic rings. The predicted octanol–water partition coefficient (Wildman–Crippen LogP) is 4.90. The van der Waals surface area contributed by atoms with Gasteiger partial charge in [-0.25, -0.2) is 0 Å². The van der Waals surface area contributed by atoms with E-state index in [9.17, 15) is 4.79 Å². The second-order valence-electron chi connectivity index (χ2n) is 9.75. The maximum atomic E-state index is 13.3. The Morgan fingerprint density at radius 3 is 2.21 bits per heavy atom. The molecule has 33 heavy (non-hydrogen) atoms. The molecule has 170 valence electrons. The summed E-state index contributed by atoms with van der Waals surface area (Å²) in [5, 5.41) is 0. The van der Waals surface area contributed by atoms with Crippen molar-refractivity contribution in [3.8, 4) is 0 Å². The van der Waals surface area contributed by atoms with Gasteiger partial charge in [-0.3, -0.25) is 4.79 Å². The maximum Gasteiger partial charge on any atom is 0.232 e. The van der Waals surface area contributed by atoms with E-state index in [1.807, 2.05) is 36.4 Å². The Labute approximate surface area is 197 Å². The number of carbonyl (C=O) groups is 1. The van der Waals surface area contributed by atoms with Crippen LogP contribution in [0.2, 0.25) is 0 Å². The minimum absolute atomic E-state index is 0.147. The Hall–Kier alpha value is -2.91. The zero-order valence-corrected chi connectivity index (χ0v) is 19.4. The number of rotatable bonds is 7. The lowest BCUT2D eigenvalue weighted by molar-refractivity contribution is -0.124. The van der Waals surface area contributed by atoms with Crippen molar-refractivity contribution in [1.29, 1.82) is 0 Å². The zero-order valence-electron chi connectivity index (χ0n) is 19.4. The second kappa shape index (κ2) is 9.52. The van der Waals surface area contributed by atoms with Crippen LogP contribution in [0, 0.1) is 5.92 Å². The Bertz CT molecular complexity index is 1050. The van der Waals surface area contributed by atoms with Crippen LogP contribution < -0.4 is 5.73 Å². The topological polar surface area (TPSA) is 46.3 Å². The minimum Gasteiger partial charge on any atom is -0.369 e. The lowest BCUT2D eigenvalue weighted by atomic mass is 9.63. The molecule has 0 radical (unpaired) electrons. The van der Waals surface area contributed by atoms with Gasteiger partial charge in [0, 0.05) is 13.1 Å². The van der Waals surface area contributed by atoms with E-state index in [2.05, 4.69) is 47.4 Å². The minimum atomic E-state index is -0.811. The van der Waals surface area contributed by atoms with E-state index in [0.717, 1.165) is 50.0 Å². The molecule has 1 fully saturated rings. The number of benzene rings is 3. The molecular formula is C30H34N2O. The molecule has 1 heterocycles. The molecular weight excluding hydrogens is 404 g/mol. The predicted molar refractivity (Wildman–Crippen MR) is 134 cm³/mol. The van der Waals surface area contributed by atoms with Gasteiger partial charge >= 0.3 is 0 Å². The van der Waals surface area contributed by atoms with Crippen LogP contribution in [0.15, 0.2) is 78.9 Å². The van der Waals surface area contributed by atoms with Crippen molar-refractivity contribution >= 4 is 5.91 Å². The summed E-state index contributed by atoms with van der Waals surface area (Å²) in [5.74, 6) is -0.0982. The van der Waals surface area contributed by atoms with Crippen LogP contribution in [0.25, 0.3) is 0 Å². The summed E-state index contributed by atoms with van der Waals surface area (Å²) in [4.78, 5) is 15.9. The fourth-order valence-electron chi connectivity index (χ4n) is 6.21. The fraction of sp³-hybridized carbons (Fsp3) is 0.367. The van der Waals surface area contributed by atoms with E-state index >= 15 is 0 Å². The van der Waals surface area contributed by atoms with E-state index < -0.39 is 5.41 Å². The molecule has 0 bridgehead atoms. The van der Waals surface area contributed by atoms with Gasteiger partial charge in [0.1, 0.15) is 5.41 Å². The normalized spacial score (nSPS) is 18.7. The highest BCUT2D eigenvalue weighted by molar-refractivity contribution is 5.91. The van der Waals surface area contributed by atoms with Gasteiger partial charge in [-0.15, -0.1) is 0 Å². The second-order valence-corrected chi connectivity index (χ2v) is 9.75. The molecule has 3 heteroatoms. The summed E-state index contributed by atoms with van der Waals surface area (Å²) in [6.07, 6.45) is 6.90. The number of nitrogens with two attached hydrogens (primary N) is 1. The average Bonchev–Trinajstić information content (AvgIpc) is 3.33. The van der Waals surface area contributed by atoms with Crippen molar-refractivity contribution in [2.24, 2.45) is 11.7 Å². The monoisotopic (exact) mass is 438 g/mol. The first-order valence-electron chi connectivity index (χ1n) is 12.4. The van der Waals surface area contributed by atoms with E-state index in [1.165, 1.54) is 30.4 Å². The van der Waals surface area contributed by atoms with Crippen LogP contribution in [0.4, 0.5) is 0 Å². The molecule has 1 saturated heterocycles. The molecule has 0 spiro atoms. The van der Waals surface area contributed by atoms with Gasteiger partial charge in [-0.2, -0.15) is 0 Å². The molecule has 1 aliphatic carbocycles. The number of amides is 1. The molecule has 3 aromatic carbocycles. The molecule has 2 N–H and O–H groups in total. The summed E-state index contributed by atoms with van der Waals surface area (Å²) in [6.45, 7) is 2.99. The number of fused-ring (bicyclic) bond motifs is 1. The van der Waals surface area contributed by atoms with Crippen LogP contribution in [0.5, 0.6) is 0 Å². The largest absolute Gasteiger partial charge is 0.369 e. The molecule has 1 unspecified atom stereocenters. The summed E-state index contributed by atoms with van der Waals surface area (Å²) >= 11 is 0. The molecule has 0 saturated carbocycles. The van der Waals surface area contributed by atoms with Gasteiger partial charge in [0.05, 0.1) is 0 Å². The van der Waals surface area contributed by atoms with Crippen LogP contribution in [-0.2, 0) is 29.5 Å². The first kappa shape index (κ1) is 21.9. The first-order valence-corrected chi connectivity index (χ1v) is 12.4. The SMILES string of the molecule is NC(=O)C(c1ccccc1)(c1ccccc1)C1CCCN(CCc2ccc3c(c2)CCC3)C1. The number of carbonyl (C=O) groups excluding carboxylic acids is 1. The lowest BCUT2D eigenvalue weighted by Gasteiger charge is -2.44. The third-order valence-corrected chi connectivity index (χ3v) is 7.84. The van der Waals surface area contributed by atoms with Crippen LogP contribution in [0.3, 0.4) is 0 Å². The molecule has 3 aromatic rings. The van der Waals surface area contributed by atoms with E-state index in [-0.39, 0.29) is 11.8 Å². The Balaban J connectivity index is 1.41. The van der Waals surface area contributed by atoms with Crippen LogP contribution in [0.1, 0.15) is 47.1 Å². The molecule has 1 amide bonds. The van der Waals surface area contributed by atoms with Gasteiger partial charge in [0.2, 0.25) is 5.91 Å². The quantitative estimate of drug-likeness (QED) is 0.570. The number of primary amides is 1. The highest BCUT2D eigenvalue weighted by Crippen LogP contribution is 2.43. The number of aryl methyl sites for hydroxylation is 2. The first-order chi connectivity index (χ1) is 16.2. The van der Waals surface area contributed by atoms with Gasteiger partial charge in [0.25, 0.3) is 0 Å². The summed E-state index contributed by atoms with van der Waals surface area (Å²) in [6, 6.07) is 27.4. The number of piperidine rings is 1. The third kappa shape index (κ3) is 4.22. The van der Waals surface area contributed by atoms with E-state index in [4.69, 9.17) is 5.73 Å². The molecule has 1 aliphatic heterocycles. The van der Waals surface area contributed by atoms with Crippen molar-refractivity contribution < 1.29 is 4.79 Å². The summed E-state index contributed by atoms with van der Waals surface area (Å²) < 4.78 is 0. The van der Waals surface area contributed by atoms with Crippen LogP contribution >= 0.6 is 0 Å². The Morgan fingerprint density at radius 2 is 1.55 bits per heavy atom. The van der Waals surface area contributed by atoms with Gasteiger partial charge in [-0.1, -0.05) is 78.9 Å². The van der Waals surface area contributed by atoms with Crippen molar-refractivity contribution in [1.82, 2.24) is 4.90 Å². The fourth-order valence-corrected chi connectivity index (χ4v) is 6.21. The molecule has 0 aromatic heterocycles. The van der Waals surface area contributed by atoms with Crippen molar-refractivity contribution in [2.45, 2.75) is 43.9 Å². The number of nitrogens with zero attached hydrogens (tertiary/aromatic N) is 1. The number of hydrogen-bond acceptors (Lipinski definition) is 2. The Morgan fingerprint density at radius 1 is 0.879 bits per heavy atom. The number of hydrogen-bond donors (Lipinski definition) is 1. The van der Waals surface area contributed by atoms with Crippen molar-refractivity contribution in [2.75, 3.05) is 19.6 Å². The van der Waals surface area contributed by atoms with Gasteiger partial charge in [0.15, 0.2) is 0 Å². The van der Waals surface area contributed by atoms with E-state index in [0.29, 0.717) is 0 Å². The third-order valence-electron chi connectivity index (χ3n) is 7.84. The van der Waals surface area contributed by atoms with Crippen LogP contribution in [-0.4, -0.2) is 30.4 Å². The maximum absolute atomic E-state index is 13.3. The molecule has 3 nitrogen and oxygen atoms in total. The zero-order chi connectivity index (χ0) is 22.7. The number of likely N-dealkylation sites (tertiary alicyclic amines) is 1. The Kier molecular flexibility index (Phi) is 6.32. The molecule has 1 atom stereocenters. The summed E-state index contributed by atoms with van der Waals surface area (Å²) in [5.41, 5.74) is 12.0. The highest BCUT2D eigenvalue weighted by atomic mass is 16.1. The van der Waals surface area contributed by atoms with Gasteiger partial charge < -0.3 is 10.6 Å². The highest BCUT2D eigenvalue weighted by Gasteiger charge is 2.48. The van der Waals surface area contributed by atoms with E-state index in [1.54, 1.807) is 5.56 Å². The molecule has 5 rings (SSSR count).